The summed E-state index contributed by atoms with van der Waals surface area (Å²) in [5, 5.41) is 20.5. The van der Waals surface area contributed by atoms with Crippen LogP contribution in [0.3, 0.4) is 0 Å². The summed E-state index contributed by atoms with van der Waals surface area (Å²) in [4.78, 5) is 11.9. The zero-order valence-electron chi connectivity index (χ0n) is 14.5. The van der Waals surface area contributed by atoms with Gasteiger partial charge >= 0.3 is 0 Å². The van der Waals surface area contributed by atoms with Crippen molar-refractivity contribution < 1.29 is 23.4 Å². The van der Waals surface area contributed by atoms with Crippen molar-refractivity contribution in [3.63, 3.8) is 0 Å². The Labute approximate surface area is 152 Å². The first-order valence-corrected chi connectivity index (χ1v) is 9.35. The molecule has 1 amide bonds. The molecule has 26 heavy (non-hydrogen) atoms. The maximum absolute atomic E-state index is 12.3. The maximum atomic E-state index is 12.3. The largest absolute Gasteiger partial charge is 0.389 e. The Bertz CT molecular complexity index is 874. The molecule has 2 aromatic rings. The summed E-state index contributed by atoms with van der Waals surface area (Å²) in [6, 6.07) is 13.3. The molecular weight excluding hydrogens is 356 g/mol. The lowest BCUT2D eigenvalue weighted by atomic mass is 9.86. The molecule has 0 aromatic heterocycles. The number of amides is 1. The minimum absolute atomic E-state index is 0.0645. The van der Waals surface area contributed by atoms with E-state index < -0.39 is 27.1 Å². The molecule has 5 N–H and O–H groups in total. The predicted molar refractivity (Wildman–Crippen MR) is 96.6 cm³/mol. The number of rotatable bonds is 7. The Morgan fingerprint density at radius 3 is 1.96 bits per heavy atom. The first-order valence-electron chi connectivity index (χ1n) is 7.87. The number of carbonyl (C=O) groups excluding carboxylic acids is 1. The molecule has 1 atom stereocenters. The second-order valence-corrected chi connectivity index (χ2v) is 8.37. The van der Waals surface area contributed by atoms with Gasteiger partial charge in [-0.2, -0.15) is 0 Å². The molecule has 0 aliphatic carbocycles. The number of nitrogens with two attached hydrogens (primary N) is 1. The maximum Gasteiger partial charge on any atom is 0.258 e. The number of primary amides is 1. The molecule has 0 aliphatic rings. The van der Waals surface area contributed by atoms with Crippen LogP contribution >= 0.6 is 0 Å². The van der Waals surface area contributed by atoms with Gasteiger partial charge in [-0.1, -0.05) is 42.5 Å². The van der Waals surface area contributed by atoms with Crippen molar-refractivity contribution in [2.75, 3.05) is 6.54 Å². The summed E-state index contributed by atoms with van der Waals surface area (Å²) in [5.41, 5.74) is 2.56. The van der Waals surface area contributed by atoms with Crippen LogP contribution in [-0.4, -0.2) is 36.7 Å². The van der Waals surface area contributed by atoms with Crippen molar-refractivity contribution in [1.29, 1.82) is 0 Å². The average Bonchev–Trinajstić information content (AvgIpc) is 2.59. The highest BCUT2D eigenvalue weighted by atomic mass is 32.2. The van der Waals surface area contributed by atoms with E-state index in [-0.39, 0.29) is 22.6 Å². The number of carbonyl (C=O) groups is 1. The highest BCUT2D eigenvalue weighted by molar-refractivity contribution is 7.89. The fourth-order valence-corrected chi connectivity index (χ4v) is 3.57. The number of aliphatic hydroxyl groups is 2. The van der Waals surface area contributed by atoms with E-state index in [9.17, 15) is 23.4 Å². The van der Waals surface area contributed by atoms with Gasteiger partial charge in [-0.05, 0) is 37.1 Å². The van der Waals surface area contributed by atoms with Gasteiger partial charge in [-0.3, -0.25) is 4.79 Å². The van der Waals surface area contributed by atoms with E-state index in [4.69, 9.17) is 5.73 Å². The Balaban J connectivity index is 2.37. The molecule has 2 aromatic carbocycles. The zero-order chi connectivity index (χ0) is 19.6. The van der Waals surface area contributed by atoms with Gasteiger partial charge in [0, 0.05) is 6.54 Å². The second kappa shape index (κ2) is 7.16. The molecular formula is C18H22N2O5S. The lowest BCUT2D eigenvalue weighted by molar-refractivity contribution is -0.133. The molecule has 140 valence electrons. The van der Waals surface area contributed by atoms with Crippen molar-refractivity contribution in [3.8, 4) is 0 Å². The van der Waals surface area contributed by atoms with Crippen LogP contribution in [0.15, 0.2) is 59.5 Å². The minimum Gasteiger partial charge on any atom is -0.389 e. The van der Waals surface area contributed by atoms with Crippen LogP contribution in [0.2, 0.25) is 0 Å². The third kappa shape index (κ3) is 4.28. The lowest BCUT2D eigenvalue weighted by Gasteiger charge is -2.26. The summed E-state index contributed by atoms with van der Waals surface area (Å²) >= 11 is 0. The molecule has 0 fully saturated rings. The molecule has 2 rings (SSSR count). The molecule has 0 radical (unpaired) electrons. The van der Waals surface area contributed by atoms with Crippen LogP contribution in [0.25, 0.3) is 0 Å². The summed E-state index contributed by atoms with van der Waals surface area (Å²) in [6.45, 7) is 2.79. The molecule has 0 saturated heterocycles. The van der Waals surface area contributed by atoms with Crippen molar-refractivity contribution in [2.24, 2.45) is 5.73 Å². The highest BCUT2D eigenvalue weighted by Gasteiger charge is 2.38. The first-order chi connectivity index (χ1) is 12.0. The van der Waals surface area contributed by atoms with E-state index in [1.165, 1.54) is 38.1 Å². The van der Waals surface area contributed by atoms with Gasteiger partial charge in [0.15, 0.2) is 5.60 Å². The van der Waals surface area contributed by atoms with Gasteiger partial charge < -0.3 is 15.9 Å². The third-order valence-electron chi connectivity index (χ3n) is 3.83. The molecule has 7 nitrogen and oxygen atoms in total. The molecule has 0 aliphatic heterocycles. The monoisotopic (exact) mass is 378 g/mol. The fourth-order valence-electron chi connectivity index (χ4n) is 2.36. The van der Waals surface area contributed by atoms with E-state index in [1.807, 2.05) is 0 Å². The van der Waals surface area contributed by atoms with E-state index >= 15 is 0 Å². The smallest absolute Gasteiger partial charge is 0.258 e. The van der Waals surface area contributed by atoms with E-state index in [0.717, 1.165) is 0 Å². The Morgan fingerprint density at radius 1 is 1.00 bits per heavy atom. The van der Waals surface area contributed by atoms with Crippen LogP contribution in [0.4, 0.5) is 0 Å². The SMILES string of the molecule is CC(C)(O)CNS(=O)(=O)c1ccc(C(O)(C(N)=O)c2ccccc2)cc1. The number of hydrogen-bond acceptors (Lipinski definition) is 5. The number of nitrogens with one attached hydrogen (secondary N) is 1. The zero-order valence-corrected chi connectivity index (χ0v) is 15.3. The quantitative estimate of drug-likeness (QED) is 0.556. The number of benzene rings is 2. The summed E-state index contributed by atoms with van der Waals surface area (Å²) in [7, 11) is -3.85. The summed E-state index contributed by atoms with van der Waals surface area (Å²) in [6.07, 6.45) is 0. The summed E-state index contributed by atoms with van der Waals surface area (Å²) < 4.78 is 26.8. The fraction of sp³-hybridized carbons (Fsp3) is 0.278. The lowest BCUT2D eigenvalue weighted by Crippen LogP contribution is -2.42. The normalized spacial score (nSPS) is 14.6. The van der Waals surface area contributed by atoms with Crippen LogP contribution in [0.5, 0.6) is 0 Å². The first kappa shape index (κ1) is 20.1. The Morgan fingerprint density at radius 2 is 1.50 bits per heavy atom. The predicted octanol–water partition coefficient (Wildman–Crippen LogP) is 0.457. The van der Waals surface area contributed by atoms with Gasteiger partial charge in [-0.25, -0.2) is 13.1 Å². The van der Waals surface area contributed by atoms with E-state index in [1.54, 1.807) is 30.3 Å². The van der Waals surface area contributed by atoms with Crippen molar-refractivity contribution in [1.82, 2.24) is 4.72 Å². The average molecular weight is 378 g/mol. The molecule has 0 bridgehead atoms. The van der Waals surface area contributed by atoms with Gasteiger partial charge in [-0.15, -0.1) is 0 Å². The van der Waals surface area contributed by atoms with Crippen LogP contribution in [0.1, 0.15) is 25.0 Å². The van der Waals surface area contributed by atoms with E-state index in [0.29, 0.717) is 0 Å². The summed E-state index contributed by atoms with van der Waals surface area (Å²) in [5.74, 6) is -0.973. The van der Waals surface area contributed by atoms with Crippen molar-refractivity contribution in [2.45, 2.75) is 29.9 Å². The van der Waals surface area contributed by atoms with Crippen molar-refractivity contribution >= 4 is 15.9 Å². The van der Waals surface area contributed by atoms with Crippen LogP contribution in [0, 0.1) is 0 Å². The molecule has 0 saturated carbocycles. The Kier molecular flexibility index (Phi) is 5.52. The molecule has 0 heterocycles. The van der Waals surface area contributed by atoms with E-state index in [2.05, 4.69) is 4.72 Å². The van der Waals surface area contributed by atoms with Gasteiger partial charge in [0.25, 0.3) is 5.91 Å². The van der Waals surface area contributed by atoms with Gasteiger partial charge in [0.2, 0.25) is 10.0 Å². The van der Waals surface area contributed by atoms with Gasteiger partial charge in [0.1, 0.15) is 0 Å². The highest BCUT2D eigenvalue weighted by Crippen LogP contribution is 2.30. The number of sulfonamides is 1. The number of hydrogen-bond donors (Lipinski definition) is 4. The molecule has 8 heteroatoms. The molecule has 1 unspecified atom stereocenters. The van der Waals surface area contributed by atoms with Crippen molar-refractivity contribution in [3.05, 3.63) is 65.7 Å². The van der Waals surface area contributed by atoms with Crippen LogP contribution < -0.4 is 10.5 Å². The topological polar surface area (TPSA) is 130 Å². The van der Waals surface area contributed by atoms with Crippen LogP contribution in [-0.2, 0) is 20.4 Å². The standard InChI is InChI=1S/C18H22N2O5S/c1-17(2,22)12-20-26(24,25)15-10-8-14(9-11-15)18(23,16(19)21)13-6-4-3-5-7-13/h3-11,20,22-23H,12H2,1-2H3,(H2,19,21). The second-order valence-electron chi connectivity index (χ2n) is 6.60. The Hall–Kier alpha value is -2.26. The van der Waals surface area contributed by atoms with Gasteiger partial charge in [0.05, 0.1) is 10.5 Å². The third-order valence-corrected chi connectivity index (χ3v) is 5.24. The molecule has 0 spiro atoms. The minimum atomic E-state index is -3.85.